The molecule has 128 valence electrons. The van der Waals surface area contributed by atoms with Crippen molar-refractivity contribution < 1.29 is 32.0 Å². The van der Waals surface area contributed by atoms with Crippen LogP contribution in [0.2, 0.25) is 0 Å². The normalized spacial score (nSPS) is 21.9. The van der Waals surface area contributed by atoms with E-state index in [2.05, 4.69) is 5.32 Å². The van der Waals surface area contributed by atoms with Gasteiger partial charge in [-0.05, 0) is 31.7 Å². The molecule has 1 fully saturated rings. The number of nitrogens with one attached hydrogen (secondary N) is 1. The van der Waals surface area contributed by atoms with Gasteiger partial charge in [-0.25, -0.2) is 0 Å². The number of furan rings is 1. The number of carbonyl (C=O) groups excluding carboxylic acids is 1. The largest absolute Gasteiger partial charge is 0.433 e. The monoisotopic (exact) mass is 336 g/mol. The van der Waals surface area contributed by atoms with Crippen LogP contribution < -0.4 is 5.32 Å². The molecule has 0 unspecified atom stereocenters. The summed E-state index contributed by atoms with van der Waals surface area (Å²) in [5, 5.41) is 13.1. The molecule has 1 aliphatic carbocycles. The number of carbonyl (C=O) groups is 1. The zero-order valence-electron chi connectivity index (χ0n) is 12.0. The van der Waals surface area contributed by atoms with Gasteiger partial charge >= 0.3 is 12.1 Å². The van der Waals surface area contributed by atoms with Gasteiger partial charge in [0, 0.05) is 6.04 Å². The average molecular weight is 336 g/mol. The third-order valence-corrected chi connectivity index (χ3v) is 3.44. The molecule has 0 bridgehead atoms. The fourth-order valence-corrected chi connectivity index (χ4v) is 2.44. The smallest absolute Gasteiger partial charge is 0.395 e. The number of hydrogen-bond donors (Lipinski definition) is 1. The number of alkyl halides is 3. The minimum atomic E-state index is -4.39. The standard InChI is InChI=1S/C13H15F3N2O5/c14-13(15,16)7-22-9-3-1-2-8(6-9)17-12(19)10-4-5-11(23-10)18(20)21/h4-5,8-9H,1-3,6-7H2,(H,17,19)/t8-,9-/m1/s1. The molecule has 1 aliphatic rings. The highest BCUT2D eigenvalue weighted by atomic mass is 19.4. The second-order valence-corrected chi connectivity index (χ2v) is 5.28. The lowest BCUT2D eigenvalue weighted by Crippen LogP contribution is -2.41. The first kappa shape index (κ1) is 17.3. The van der Waals surface area contributed by atoms with E-state index in [9.17, 15) is 28.1 Å². The van der Waals surface area contributed by atoms with Crippen molar-refractivity contribution in [3.05, 3.63) is 28.0 Å². The summed E-state index contributed by atoms with van der Waals surface area (Å²) in [7, 11) is 0. The fourth-order valence-electron chi connectivity index (χ4n) is 2.44. The molecule has 0 radical (unpaired) electrons. The number of halogens is 3. The Balaban J connectivity index is 1.86. The molecule has 0 aromatic carbocycles. The van der Waals surface area contributed by atoms with E-state index < -0.39 is 35.6 Å². The Morgan fingerprint density at radius 3 is 2.78 bits per heavy atom. The molecule has 1 heterocycles. The van der Waals surface area contributed by atoms with Crippen molar-refractivity contribution in [2.75, 3.05) is 6.61 Å². The first-order chi connectivity index (χ1) is 10.7. The van der Waals surface area contributed by atoms with Crippen LogP contribution in [-0.2, 0) is 4.74 Å². The van der Waals surface area contributed by atoms with Crippen molar-refractivity contribution in [1.29, 1.82) is 0 Å². The van der Waals surface area contributed by atoms with Crippen molar-refractivity contribution in [3.8, 4) is 0 Å². The maximum atomic E-state index is 12.1. The fraction of sp³-hybridized carbons (Fsp3) is 0.615. The topological polar surface area (TPSA) is 94.6 Å². The molecular weight excluding hydrogens is 321 g/mol. The molecule has 7 nitrogen and oxygen atoms in total. The van der Waals surface area contributed by atoms with E-state index in [4.69, 9.17) is 9.15 Å². The number of rotatable bonds is 5. The van der Waals surface area contributed by atoms with Gasteiger partial charge in [-0.1, -0.05) is 0 Å². The lowest BCUT2D eigenvalue weighted by atomic mass is 9.92. The quantitative estimate of drug-likeness (QED) is 0.659. The summed E-state index contributed by atoms with van der Waals surface area (Å²) < 4.78 is 46.0. The van der Waals surface area contributed by atoms with E-state index in [1.54, 1.807) is 0 Å². The van der Waals surface area contributed by atoms with Crippen LogP contribution in [0.25, 0.3) is 0 Å². The summed E-state index contributed by atoms with van der Waals surface area (Å²) >= 11 is 0. The van der Waals surface area contributed by atoms with Crippen LogP contribution in [0, 0.1) is 10.1 Å². The molecule has 1 amide bonds. The Kier molecular flexibility index (Phi) is 5.24. The summed E-state index contributed by atoms with van der Waals surface area (Å²) in [4.78, 5) is 21.7. The Bertz CT molecular complexity index is 572. The molecule has 1 aromatic rings. The predicted molar refractivity (Wildman–Crippen MR) is 70.9 cm³/mol. The first-order valence-electron chi connectivity index (χ1n) is 6.98. The highest BCUT2D eigenvalue weighted by Gasteiger charge is 2.32. The minimum Gasteiger partial charge on any atom is -0.395 e. The number of nitrogens with zero attached hydrogens (tertiary/aromatic N) is 1. The van der Waals surface area contributed by atoms with Gasteiger partial charge in [-0.15, -0.1) is 0 Å². The van der Waals surface area contributed by atoms with Crippen molar-refractivity contribution >= 4 is 11.8 Å². The molecule has 0 spiro atoms. The number of ether oxygens (including phenoxy) is 1. The van der Waals surface area contributed by atoms with Crippen molar-refractivity contribution in [2.45, 2.75) is 44.0 Å². The van der Waals surface area contributed by atoms with E-state index in [1.807, 2.05) is 0 Å². The van der Waals surface area contributed by atoms with Crippen molar-refractivity contribution in [2.24, 2.45) is 0 Å². The van der Waals surface area contributed by atoms with Gasteiger partial charge in [0.2, 0.25) is 0 Å². The summed E-state index contributed by atoms with van der Waals surface area (Å²) in [5.74, 6) is -1.40. The lowest BCUT2D eigenvalue weighted by molar-refractivity contribution is -0.402. The van der Waals surface area contributed by atoms with Gasteiger partial charge in [0.1, 0.15) is 11.5 Å². The maximum Gasteiger partial charge on any atom is 0.433 e. The number of hydrogen-bond acceptors (Lipinski definition) is 5. The number of nitro groups is 1. The second-order valence-electron chi connectivity index (χ2n) is 5.28. The van der Waals surface area contributed by atoms with Crippen LogP contribution in [0.1, 0.15) is 36.2 Å². The Labute approximate surface area is 128 Å². The molecule has 1 saturated carbocycles. The van der Waals surface area contributed by atoms with Crippen LogP contribution in [0.15, 0.2) is 16.5 Å². The average Bonchev–Trinajstić information content (AvgIpc) is 2.95. The van der Waals surface area contributed by atoms with Crippen LogP contribution in [0.5, 0.6) is 0 Å². The highest BCUT2D eigenvalue weighted by Crippen LogP contribution is 2.25. The molecule has 0 aliphatic heterocycles. The van der Waals surface area contributed by atoms with E-state index in [1.165, 1.54) is 6.07 Å². The third kappa shape index (κ3) is 5.23. The van der Waals surface area contributed by atoms with E-state index >= 15 is 0 Å². The maximum absolute atomic E-state index is 12.1. The van der Waals surface area contributed by atoms with Crippen LogP contribution >= 0.6 is 0 Å². The zero-order valence-corrected chi connectivity index (χ0v) is 12.0. The molecule has 0 saturated heterocycles. The Morgan fingerprint density at radius 2 is 2.17 bits per heavy atom. The lowest BCUT2D eigenvalue weighted by Gasteiger charge is -2.29. The van der Waals surface area contributed by atoms with E-state index in [0.29, 0.717) is 19.3 Å². The molecular formula is C13H15F3N2O5. The van der Waals surface area contributed by atoms with Gasteiger partial charge in [0.25, 0.3) is 5.91 Å². The Morgan fingerprint density at radius 1 is 1.43 bits per heavy atom. The van der Waals surface area contributed by atoms with Crippen molar-refractivity contribution in [1.82, 2.24) is 5.32 Å². The minimum absolute atomic E-state index is 0.213. The third-order valence-electron chi connectivity index (χ3n) is 3.44. The van der Waals surface area contributed by atoms with E-state index in [-0.39, 0.29) is 18.2 Å². The molecule has 23 heavy (non-hydrogen) atoms. The van der Waals surface area contributed by atoms with Crippen LogP contribution in [-0.4, -0.2) is 35.8 Å². The highest BCUT2D eigenvalue weighted by molar-refractivity contribution is 5.91. The number of amides is 1. The van der Waals surface area contributed by atoms with Crippen LogP contribution in [0.3, 0.4) is 0 Å². The SMILES string of the molecule is O=C(N[C@@H]1CCC[C@@H](OCC(F)(F)F)C1)c1ccc([N+](=O)[O-])o1. The van der Waals surface area contributed by atoms with Gasteiger partial charge in [-0.3, -0.25) is 14.9 Å². The van der Waals surface area contributed by atoms with Gasteiger partial charge in [0.05, 0.1) is 12.2 Å². The Hall–Kier alpha value is -2.10. The molecule has 2 atom stereocenters. The zero-order chi connectivity index (χ0) is 17.0. The molecule has 1 aromatic heterocycles. The van der Waals surface area contributed by atoms with Gasteiger partial charge < -0.3 is 14.5 Å². The predicted octanol–water partition coefficient (Wildman–Crippen LogP) is 2.81. The van der Waals surface area contributed by atoms with Crippen molar-refractivity contribution in [3.63, 3.8) is 0 Å². The van der Waals surface area contributed by atoms with Gasteiger partial charge in [0.15, 0.2) is 5.76 Å². The second kappa shape index (κ2) is 6.99. The summed E-state index contributed by atoms with van der Waals surface area (Å²) in [6.07, 6.45) is -3.00. The molecule has 2 rings (SSSR count). The van der Waals surface area contributed by atoms with Gasteiger partial charge in [-0.2, -0.15) is 13.2 Å². The summed E-state index contributed by atoms with van der Waals surface area (Å²) in [6.45, 7) is -1.32. The van der Waals surface area contributed by atoms with E-state index in [0.717, 1.165) is 6.07 Å². The first-order valence-corrected chi connectivity index (χ1v) is 6.98. The molecule has 10 heteroatoms. The summed E-state index contributed by atoms with van der Waals surface area (Å²) in [6, 6.07) is 1.87. The van der Waals surface area contributed by atoms with Crippen LogP contribution in [0.4, 0.5) is 19.1 Å². The summed E-state index contributed by atoms with van der Waals surface area (Å²) in [5.41, 5.74) is 0. The molecule has 1 N–H and O–H groups in total.